The lowest BCUT2D eigenvalue weighted by Crippen LogP contribution is -2.38. The molecule has 1 aromatic rings. The fraction of sp³-hybridized carbons (Fsp3) is 0.647. The molecule has 1 aliphatic rings. The first kappa shape index (κ1) is 15.3. The van der Waals surface area contributed by atoms with Gasteiger partial charge in [-0.3, -0.25) is 0 Å². The normalized spacial score (nSPS) is 26.8. The maximum atomic E-state index is 11.0. The molecule has 2 atom stereocenters. The number of hydrogen-bond acceptors (Lipinski definition) is 3. The SMILES string of the molecule is CCCC1CC(O)(c2cccc(OC(C)C)c2)CCO1. The van der Waals surface area contributed by atoms with Crippen molar-refractivity contribution in [1.29, 1.82) is 0 Å². The summed E-state index contributed by atoms with van der Waals surface area (Å²) >= 11 is 0. The maximum Gasteiger partial charge on any atom is 0.120 e. The van der Waals surface area contributed by atoms with E-state index in [1.165, 1.54) is 0 Å². The number of rotatable bonds is 5. The Balaban J connectivity index is 2.16. The highest BCUT2D eigenvalue weighted by Gasteiger charge is 2.36. The minimum atomic E-state index is -0.783. The molecule has 112 valence electrons. The summed E-state index contributed by atoms with van der Waals surface area (Å²) < 4.78 is 11.5. The molecule has 1 aromatic carbocycles. The summed E-state index contributed by atoms with van der Waals surface area (Å²) in [6.45, 7) is 6.78. The van der Waals surface area contributed by atoms with Gasteiger partial charge < -0.3 is 14.6 Å². The first-order valence-electron chi connectivity index (χ1n) is 7.64. The maximum absolute atomic E-state index is 11.0. The van der Waals surface area contributed by atoms with E-state index in [4.69, 9.17) is 9.47 Å². The van der Waals surface area contributed by atoms with E-state index in [1.807, 2.05) is 38.1 Å². The first-order chi connectivity index (χ1) is 9.53. The molecule has 2 unspecified atom stereocenters. The smallest absolute Gasteiger partial charge is 0.120 e. The van der Waals surface area contributed by atoms with Crippen LogP contribution in [-0.2, 0) is 10.3 Å². The molecule has 20 heavy (non-hydrogen) atoms. The van der Waals surface area contributed by atoms with Gasteiger partial charge in [-0.1, -0.05) is 25.5 Å². The molecule has 0 amide bonds. The Hall–Kier alpha value is -1.06. The van der Waals surface area contributed by atoms with Crippen LogP contribution in [0, 0.1) is 0 Å². The van der Waals surface area contributed by atoms with Crippen LogP contribution in [-0.4, -0.2) is 23.9 Å². The Morgan fingerprint density at radius 3 is 2.95 bits per heavy atom. The molecule has 1 N–H and O–H groups in total. The summed E-state index contributed by atoms with van der Waals surface area (Å²) in [5.74, 6) is 0.824. The van der Waals surface area contributed by atoms with Crippen LogP contribution in [0.4, 0.5) is 0 Å². The standard InChI is InChI=1S/C17H26O3/c1-4-6-16-12-17(18,9-10-19-16)14-7-5-8-15(11-14)20-13(2)3/h5,7-8,11,13,16,18H,4,6,9-10,12H2,1-3H3. The minimum absolute atomic E-state index is 0.141. The van der Waals surface area contributed by atoms with Gasteiger partial charge in [0.25, 0.3) is 0 Å². The van der Waals surface area contributed by atoms with Crippen LogP contribution in [0.1, 0.15) is 52.0 Å². The van der Waals surface area contributed by atoms with Gasteiger partial charge >= 0.3 is 0 Å². The molecule has 2 rings (SSSR count). The summed E-state index contributed by atoms with van der Waals surface area (Å²) in [7, 11) is 0. The molecular formula is C17H26O3. The zero-order valence-corrected chi connectivity index (χ0v) is 12.8. The van der Waals surface area contributed by atoms with E-state index in [0.717, 1.165) is 24.2 Å². The van der Waals surface area contributed by atoms with Gasteiger partial charge in [0.15, 0.2) is 0 Å². The van der Waals surface area contributed by atoms with E-state index in [2.05, 4.69) is 6.92 Å². The van der Waals surface area contributed by atoms with Crippen LogP contribution in [0.3, 0.4) is 0 Å². The molecule has 0 saturated carbocycles. The fourth-order valence-corrected chi connectivity index (χ4v) is 2.83. The highest BCUT2D eigenvalue weighted by Crippen LogP contribution is 2.37. The third-order valence-corrected chi connectivity index (χ3v) is 3.79. The lowest BCUT2D eigenvalue weighted by molar-refractivity contribution is -0.110. The number of ether oxygens (including phenoxy) is 2. The third-order valence-electron chi connectivity index (χ3n) is 3.79. The lowest BCUT2D eigenvalue weighted by Gasteiger charge is -2.37. The molecule has 1 aliphatic heterocycles. The van der Waals surface area contributed by atoms with Crippen LogP contribution >= 0.6 is 0 Å². The van der Waals surface area contributed by atoms with Gasteiger partial charge in [0.05, 0.1) is 24.4 Å². The quantitative estimate of drug-likeness (QED) is 0.893. The van der Waals surface area contributed by atoms with E-state index >= 15 is 0 Å². The summed E-state index contributed by atoms with van der Waals surface area (Å²) in [4.78, 5) is 0. The van der Waals surface area contributed by atoms with Crippen LogP contribution in [0.25, 0.3) is 0 Å². The van der Waals surface area contributed by atoms with Gasteiger partial charge in [-0.05, 0) is 38.0 Å². The van der Waals surface area contributed by atoms with Crippen LogP contribution in [0.2, 0.25) is 0 Å². The average molecular weight is 278 g/mol. The van der Waals surface area contributed by atoms with Gasteiger partial charge in [-0.15, -0.1) is 0 Å². The van der Waals surface area contributed by atoms with Crippen molar-refractivity contribution in [3.63, 3.8) is 0 Å². The van der Waals surface area contributed by atoms with E-state index in [0.29, 0.717) is 19.4 Å². The van der Waals surface area contributed by atoms with Gasteiger partial charge in [0.2, 0.25) is 0 Å². The lowest BCUT2D eigenvalue weighted by atomic mass is 9.82. The number of aliphatic hydroxyl groups is 1. The highest BCUT2D eigenvalue weighted by molar-refractivity contribution is 5.33. The van der Waals surface area contributed by atoms with Crippen LogP contribution in [0.5, 0.6) is 5.75 Å². The molecule has 3 heteroatoms. The van der Waals surface area contributed by atoms with Crippen molar-refractivity contribution in [2.24, 2.45) is 0 Å². The third kappa shape index (κ3) is 3.74. The molecule has 1 fully saturated rings. The minimum Gasteiger partial charge on any atom is -0.491 e. The van der Waals surface area contributed by atoms with Gasteiger partial charge in [0, 0.05) is 12.8 Å². The largest absolute Gasteiger partial charge is 0.491 e. The zero-order chi connectivity index (χ0) is 14.6. The first-order valence-corrected chi connectivity index (χ1v) is 7.64. The molecule has 0 aromatic heterocycles. The number of hydrogen-bond donors (Lipinski definition) is 1. The van der Waals surface area contributed by atoms with Gasteiger partial charge in [-0.25, -0.2) is 0 Å². The van der Waals surface area contributed by atoms with Crippen LogP contribution in [0.15, 0.2) is 24.3 Å². The topological polar surface area (TPSA) is 38.7 Å². The second kappa shape index (κ2) is 6.59. The van der Waals surface area contributed by atoms with Crippen LogP contribution < -0.4 is 4.74 Å². The average Bonchev–Trinajstić information content (AvgIpc) is 2.39. The predicted octanol–water partition coefficient (Wildman–Crippen LogP) is 3.64. The Bertz CT molecular complexity index is 428. The van der Waals surface area contributed by atoms with E-state index in [1.54, 1.807) is 0 Å². The van der Waals surface area contributed by atoms with Crippen molar-refractivity contribution in [3.8, 4) is 5.75 Å². The van der Waals surface area contributed by atoms with E-state index in [9.17, 15) is 5.11 Å². The van der Waals surface area contributed by atoms with Crippen molar-refractivity contribution >= 4 is 0 Å². The Kier molecular flexibility index (Phi) is 5.06. The van der Waals surface area contributed by atoms with E-state index < -0.39 is 5.60 Å². The molecule has 0 bridgehead atoms. The molecule has 0 radical (unpaired) electrons. The summed E-state index contributed by atoms with van der Waals surface area (Å²) in [5, 5.41) is 11.0. The van der Waals surface area contributed by atoms with Crippen molar-refractivity contribution < 1.29 is 14.6 Å². The Labute approximate surface area is 121 Å². The van der Waals surface area contributed by atoms with Crippen molar-refractivity contribution in [2.45, 2.75) is 64.3 Å². The summed E-state index contributed by atoms with van der Waals surface area (Å²) in [5.41, 5.74) is 0.161. The van der Waals surface area contributed by atoms with E-state index in [-0.39, 0.29) is 12.2 Å². The van der Waals surface area contributed by atoms with Gasteiger partial charge in [-0.2, -0.15) is 0 Å². The molecule has 0 aliphatic carbocycles. The summed E-state index contributed by atoms with van der Waals surface area (Å²) in [6.07, 6.45) is 3.71. The van der Waals surface area contributed by atoms with Gasteiger partial charge in [0.1, 0.15) is 5.75 Å². The molecule has 1 saturated heterocycles. The molecular weight excluding hydrogens is 252 g/mol. The Morgan fingerprint density at radius 1 is 1.45 bits per heavy atom. The predicted molar refractivity (Wildman–Crippen MR) is 80.0 cm³/mol. The number of benzene rings is 1. The second-order valence-corrected chi connectivity index (χ2v) is 5.96. The molecule has 3 nitrogen and oxygen atoms in total. The van der Waals surface area contributed by atoms with Crippen molar-refractivity contribution in [1.82, 2.24) is 0 Å². The molecule has 1 heterocycles. The highest BCUT2D eigenvalue weighted by atomic mass is 16.5. The second-order valence-electron chi connectivity index (χ2n) is 5.96. The van der Waals surface area contributed by atoms with Crippen molar-refractivity contribution in [3.05, 3.63) is 29.8 Å². The zero-order valence-electron chi connectivity index (χ0n) is 12.8. The molecule has 0 spiro atoms. The summed E-state index contributed by atoms with van der Waals surface area (Å²) in [6, 6.07) is 7.85. The fourth-order valence-electron chi connectivity index (χ4n) is 2.83. The monoisotopic (exact) mass is 278 g/mol. The Morgan fingerprint density at radius 2 is 2.25 bits per heavy atom. The van der Waals surface area contributed by atoms with Crippen molar-refractivity contribution in [2.75, 3.05) is 6.61 Å².